The molecule has 2 saturated heterocycles. The largest absolute Gasteiger partial charge is 0.446 e. The van der Waals surface area contributed by atoms with Gasteiger partial charge in [0, 0.05) is 24.2 Å². The number of carbonyl (C=O) groups is 3. The maximum Gasteiger partial charge on any atom is 0.410 e. The number of benzene rings is 2. The Morgan fingerprint density at radius 1 is 1.02 bits per heavy atom. The average Bonchev–Trinajstić information content (AvgIpc) is 3.76. The first-order valence-corrected chi connectivity index (χ1v) is 15.8. The number of hydrogen-bond acceptors (Lipinski definition) is 7. The van der Waals surface area contributed by atoms with Gasteiger partial charge in [-0.1, -0.05) is 30.3 Å². The number of oxazole rings is 1. The fourth-order valence-electron chi connectivity index (χ4n) is 6.34. The summed E-state index contributed by atoms with van der Waals surface area (Å²) in [4.78, 5) is 48.4. The number of rotatable bonds is 8. The van der Waals surface area contributed by atoms with E-state index in [1.165, 1.54) is 0 Å². The number of hydrogen-bond donors (Lipinski definition) is 2. The summed E-state index contributed by atoms with van der Waals surface area (Å²) in [5, 5.41) is 14.8. The monoisotopic (exact) mass is 616 g/mol. The SMILES string of the molecule is Cc1cc(C(=O)NC(Cc2ccccc2)C(O)C2CCCN2C(=O)OC(C)(C)C)cc(C(=O)N2CCC[C@@H]2c2nc(C)co2)c1. The van der Waals surface area contributed by atoms with Crippen LogP contribution in [0.5, 0.6) is 0 Å². The van der Waals surface area contributed by atoms with Crippen molar-refractivity contribution in [1.82, 2.24) is 20.1 Å². The highest BCUT2D eigenvalue weighted by Crippen LogP contribution is 2.33. The minimum Gasteiger partial charge on any atom is -0.446 e. The Bertz CT molecular complexity index is 1510. The zero-order valence-electron chi connectivity index (χ0n) is 26.8. The lowest BCUT2D eigenvalue weighted by Crippen LogP contribution is -2.54. The van der Waals surface area contributed by atoms with Gasteiger partial charge in [0.1, 0.15) is 17.9 Å². The standard InChI is InChI=1S/C35H44N4O6/c1-22-17-25(20-26(18-22)33(42)38-15-10-14-29(38)32-36-23(2)21-44-32)31(41)37-27(19-24-11-7-6-8-12-24)30(40)28-13-9-16-39(28)34(43)45-35(3,4)5/h6-8,11-12,17-18,20-21,27-30,40H,9-10,13-16,19H2,1-5H3,(H,37,41)/t27?,28?,29-,30?/m1/s1. The highest BCUT2D eigenvalue weighted by atomic mass is 16.6. The van der Waals surface area contributed by atoms with Gasteiger partial charge in [-0.05, 0) is 96.0 Å². The lowest BCUT2D eigenvalue weighted by molar-refractivity contribution is -0.00161. The number of aromatic nitrogens is 1. The third-order valence-electron chi connectivity index (χ3n) is 8.37. The van der Waals surface area contributed by atoms with Crippen molar-refractivity contribution in [1.29, 1.82) is 0 Å². The van der Waals surface area contributed by atoms with Gasteiger partial charge in [-0.25, -0.2) is 9.78 Å². The minimum atomic E-state index is -1.05. The van der Waals surface area contributed by atoms with Crippen LogP contribution in [0.15, 0.2) is 59.2 Å². The summed E-state index contributed by atoms with van der Waals surface area (Å²) in [6.07, 6.45) is 3.31. The van der Waals surface area contributed by atoms with Crippen LogP contribution in [0.1, 0.15) is 95.9 Å². The molecule has 0 spiro atoms. The molecule has 3 amide bonds. The van der Waals surface area contributed by atoms with Crippen molar-refractivity contribution in [2.45, 2.75) is 96.6 Å². The molecular weight excluding hydrogens is 572 g/mol. The number of nitrogens with zero attached hydrogens (tertiary/aromatic N) is 3. The number of aliphatic hydroxyl groups excluding tert-OH is 1. The molecule has 0 radical (unpaired) electrons. The molecule has 3 heterocycles. The number of aryl methyl sites for hydroxylation is 2. The minimum absolute atomic E-state index is 0.189. The van der Waals surface area contributed by atoms with Crippen molar-refractivity contribution in [3.05, 3.63) is 88.6 Å². The molecular formula is C35H44N4O6. The predicted octanol–water partition coefficient (Wildman–Crippen LogP) is 5.37. The van der Waals surface area contributed by atoms with Crippen LogP contribution in [0.2, 0.25) is 0 Å². The van der Waals surface area contributed by atoms with Gasteiger partial charge in [-0.15, -0.1) is 0 Å². The third kappa shape index (κ3) is 7.73. The van der Waals surface area contributed by atoms with E-state index in [1.807, 2.05) is 65.0 Å². The molecule has 45 heavy (non-hydrogen) atoms. The molecule has 2 N–H and O–H groups in total. The molecule has 1 aromatic heterocycles. The molecule has 2 aliphatic heterocycles. The lowest BCUT2D eigenvalue weighted by atomic mass is 9.94. The van der Waals surface area contributed by atoms with E-state index in [0.29, 0.717) is 42.9 Å². The van der Waals surface area contributed by atoms with Crippen LogP contribution < -0.4 is 5.32 Å². The number of amides is 3. The highest BCUT2D eigenvalue weighted by molar-refractivity contribution is 6.00. The Morgan fingerprint density at radius 2 is 1.71 bits per heavy atom. The molecule has 2 aromatic carbocycles. The van der Waals surface area contributed by atoms with E-state index >= 15 is 0 Å². The van der Waals surface area contributed by atoms with Gasteiger partial charge in [0.25, 0.3) is 11.8 Å². The maximum absolute atomic E-state index is 13.8. The quantitative estimate of drug-likeness (QED) is 0.349. The summed E-state index contributed by atoms with van der Waals surface area (Å²) in [6.45, 7) is 10.2. The Morgan fingerprint density at radius 3 is 2.40 bits per heavy atom. The van der Waals surface area contributed by atoms with E-state index in [2.05, 4.69) is 10.3 Å². The van der Waals surface area contributed by atoms with Gasteiger partial charge in [0.2, 0.25) is 5.89 Å². The van der Waals surface area contributed by atoms with Gasteiger partial charge in [-0.2, -0.15) is 0 Å². The Hall–Kier alpha value is -4.18. The molecule has 2 aliphatic rings. The topological polar surface area (TPSA) is 125 Å². The van der Waals surface area contributed by atoms with Crippen LogP contribution in [0.4, 0.5) is 4.79 Å². The zero-order chi connectivity index (χ0) is 32.3. The van der Waals surface area contributed by atoms with Crippen LogP contribution >= 0.6 is 0 Å². The Balaban J connectivity index is 1.37. The molecule has 240 valence electrons. The van der Waals surface area contributed by atoms with Crippen molar-refractivity contribution in [3.8, 4) is 0 Å². The number of ether oxygens (including phenoxy) is 1. The van der Waals surface area contributed by atoms with Gasteiger partial charge in [0.15, 0.2) is 0 Å². The summed E-state index contributed by atoms with van der Waals surface area (Å²) in [6, 6.07) is 13.3. The van der Waals surface area contributed by atoms with Crippen molar-refractivity contribution in [2.24, 2.45) is 0 Å². The Kier molecular flexibility index (Phi) is 9.62. The zero-order valence-corrected chi connectivity index (χ0v) is 26.8. The van der Waals surface area contributed by atoms with Gasteiger partial charge in [0.05, 0.1) is 23.9 Å². The number of likely N-dealkylation sites (tertiary alicyclic amines) is 2. The first kappa shape index (κ1) is 32.2. The fraction of sp³-hybridized carbons (Fsp3) is 0.486. The summed E-state index contributed by atoms with van der Waals surface area (Å²) in [5.41, 5.74) is 2.52. The van der Waals surface area contributed by atoms with Crippen LogP contribution in [0.3, 0.4) is 0 Å². The molecule has 2 fully saturated rings. The molecule has 10 nitrogen and oxygen atoms in total. The van der Waals surface area contributed by atoms with E-state index in [4.69, 9.17) is 9.15 Å². The average molecular weight is 617 g/mol. The fourth-order valence-corrected chi connectivity index (χ4v) is 6.34. The smallest absolute Gasteiger partial charge is 0.410 e. The molecule has 5 rings (SSSR count). The number of carbonyl (C=O) groups excluding carboxylic acids is 3. The first-order valence-electron chi connectivity index (χ1n) is 15.8. The molecule has 3 aromatic rings. The summed E-state index contributed by atoms with van der Waals surface area (Å²) >= 11 is 0. The molecule has 3 unspecified atom stereocenters. The van der Waals surface area contributed by atoms with E-state index in [-0.39, 0.29) is 11.9 Å². The van der Waals surface area contributed by atoms with Gasteiger partial charge >= 0.3 is 6.09 Å². The highest BCUT2D eigenvalue weighted by Gasteiger charge is 2.40. The first-order chi connectivity index (χ1) is 21.4. The van der Waals surface area contributed by atoms with Crippen LogP contribution in [-0.2, 0) is 11.2 Å². The van der Waals surface area contributed by atoms with E-state index in [9.17, 15) is 19.5 Å². The second kappa shape index (κ2) is 13.4. The predicted molar refractivity (Wildman–Crippen MR) is 169 cm³/mol. The summed E-state index contributed by atoms with van der Waals surface area (Å²) in [7, 11) is 0. The van der Waals surface area contributed by atoms with Crippen LogP contribution in [0, 0.1) is 13.8 Å². The Labute approximate surface area is 264 Å². The second-order valence-corrected chi connectivity index (χ2v) is 13.2. The van der Waals surface area contributed by atoms with E-state index < -0.39 is 35.8 Å². The molecule has 0 saturated carbocycles. The number of aliphatic hydroxyl groups is 1. The van der Waals surface area contributed by atoms with Crippen molar-refractivity contribution in [2.75, 3.05) is 13.1 Å². The summed E-state index contributed by atoms with van der Waals surface area (Å²) in [5.74, 6) is -0.0733. The lowest BCUT2D eigenvalue weighted by Gasteiger charge is -2.35. The molecule has 10 heteroatoms. The maximum atomic E-state index is 13.8. The van der Waals surface area contributed by atoms with Crippen molar-refractivity contribution < 1.29 is 28.6 Å². The van der Waals surface area contributed by atoms with E-state index in [1.54, 1.807) is 34.3 Å². The van der Waals surface area contributed by atoms with Crippen molar-refractivity contribution in [3.63, 3.8) is 0 Å². The van der Waals surface area contributed by atoms with Crippen LogP contribution in [0.25, 0.3) is 0 Å². The van der Waals surface area contributed by atoms with Gasteiger partial charge < -0.3 is 29.4 Å². The van der Waals surface area contributed by atoms with E-state index in [0.717, 1.165) is 36.1 Å². The molecule has 0 aliphatic carbocycles. The normalized spacial score (nSPS) is 19.8. The van der Waals surface area contributed by atoms with Gasteiger partial charge in [-0.3, -0.25) is 9.59 Å². The summed E-state index contributed by atoms with van der Waals surface area (Å²) < 4.78 is 11.2. The molecule has 0 bridgehead atoms. The number of nitrogens with one attached hydrogen (secondary N) is 1. The third-order valence-corrected chi connectivity index (χ3v) is 8.37. The second-order valence-electron chi connectivity index (χ2n) is 13.2. The molecule has 4 atom stereocenters. The van der Waals surface area contributed by atoms with Crippen molar-refractivity contribution >= 4 is 17.9 Å². The van der Waals surface area contributed by atoms with Crippen LogP contribution in [-0.4, -0.2) is 74.7 Å².